The second-order valence-electron chi connectivity index (χ2n) is 8.68. The Balaban J connectivity index is 1.81. The van der Waals surface area contributed by atoms with Crippen LogP contribution < -0.4 is 5.14 Å². The van der Waals surface area contributed by atoms with Crippen molar-refractivity contribution in [3.8, 4) is 0 Å². The Morgan fingerprint density at radius 2 is 1.59 bits per heavy atom. The zero-order chi connectivity index (χ0) is 26.4. The summed E-state index contributed by atoms with van der Waals surface area (Å²) in [5, 5.41) is 5.27. The van der Waals surface area contributed by atoms with Crippen molar-refractivity contribution < 1.29 is 22.7 Å². The van der Waals surface area contributed by atoms with Gasteiger partial charge in [0, 0.05) is 18.2 Å². The van der Waals surface area contributed by atoms with E-state index in [1.165, 1.54) is 18.2 Å². The van der Waals surface area contributed by atoms with Crippen LogP contribution in [-0.2, 0) is 30.8 Å². The van der Waals surface area contributed by atoms with E-state index >= 15 is 0 Å². The molecule has 3 aromatic rings. The first-order valence-electron chi connectivity index (χ1n) is 11.8. The van der Waals surface area contributed by atoms with Crippen molar-refractivity contribution in [3.05, 3.63) is 120 Å². The summed E-state index contributed by atoms with van der Waals surface area (Å²) >= 11 is 0. The topological polar surface area (TPSA) is 107 Å². The molecule has 1 heterocycles. The van der Waals surface area contributed by atoms with E-state index in [0.29, 0.717) is 24.2 Å². The molecule has 1 aliphatic rings. The molecule has 4 rings (SSSR count). The second kappa shape index (κ2) is 11.4. The zero-order valence-electron chi connectivity index (χ0n) is 20.2. The Morgan fingerprint density at radius 3 is 2.19 bits per heavy atom. The predicted octanol–water partition coefficient (Wildman–Crippen LogP) is 3.89. The normalized spacial score (nSPS) is 17.7. The molecular weight excluding hydrogens is 488 g/mol. The number of nitrogens with two attached hydrogens (primary N) is 1. The van der Waals surface area contributed by atoms with Gasteiger partial charge in [0.25, 0.3) is 0 Å². The predicted molar refractivity (Wildman–Crippen MR) is 141 cm³/mol. The molecular formula is C29H28N2O5S. The molecule has 0 spiro atoms. The largest absolute Gasteiger partial charge is 0.461 e. The van der Waals surface area contributed by atoms with Crippen molar-refractivity contribution in [2.75, 3.05) is 13.2 Å². The maximum Gasteiger partial charge on any atom is 0.319 e. The number of hydrogen-bond donors (Lipinski definition) is 1. The molecule has 3 aromatic carbocycles. The summed E-state index contributed by atoms with van der Waals surface area (Å²) in [4.78, 5) is 28.7. The van der Waals surface area contributed by atoms with Gasteiger partial charge in [0.15, 0.2) is 0 Å². The number of ether oxygens (including phenoxy) is 1. The highest BCUT2D eigenvalue weighted by Crippen LogP contribution is 2.39. The van der Waals surface area contributed by atoms with Gasteiger partial charge in [-0.25, -0.2) is 13.6 Å². The van der Waals surface area contributed by atoms with E-state index in [1.807, 2.05) is 66.7 Å². The molecule has 37 heavy (non-hydrogen) atoms. The van der Waals surface area contributed by atoms with Crippen LogP contribution in [-0.4, -0.2) is 38.3 Å². The zero-order valence-corrected chi connectivity index (χ0v) is 21.0. The molecule has 0 bridgehead atoms. The number of rotatable bonds is 9. The number of sulfonamides is 1. The number of nitrogens with zero attached hydrogens (tertiary/aromatic N) is 1. The minimum Gasteiger partial charge on any atom is -0.461 e. The lowest BCUT2D eigenvalue weighted by Crippen LogP contribution is -2.45. The Kier molecular flexibility index (Phi) is 8.01. The van der Waals surface area contributed by atoms with Gasteiger partial charge in [0.1, 0.15) is 12.5 Å². The summed E-state index contributed by atoms with van der Waals surface area (Å²) in [6.45, 7) is 3.91. The number of amides is 1. The molecule has 0 fully saturated rings. The van der Waals surface area contributed by atoms with Crippen LogP contribution in [0.1, 0.15) is 22.6 Å². The lowest BCUT2D eigenvalue weighted by Gasteiger charge is -2.37. The fraction of sp³-hybridized carbons (Fsp3) is 0.172. The maximum absolute atomic E-state index is 14.0. The highest BCUT2D eigenvalue weighted by molar-refractivity contribution is 7.89. The second-order valence-corrected chi connectivity index (χ2v) is 10.2. The van der Waals surface area contributed by atoms with Crippen LogP contribution in [0, 0.1) is 5.92 Å². The van der Waals surface area contributed by atoms with Crippen molar-refractivity contribution in [2.45, 2.75) is 17.2 Å². The summed E-state index contributed by atoms with van der Waals surface area (Å²) < 4.78 is 28.9. The third kappa shape index (κ3) is 6.04. The van der Waals surface area contributed by atoms with Crippen LogP contribution in [0.5, 0.6) is 0 Å². The number of carbonyl (C=O) groups excluding carboxylic acids is 2. The summed E-state index contributed by atoms with van der Waals surface area (Å²) in [5.41, 5.74) is 3.05. The van der Waals surface area contributed by atoms with Crippen molar-refractivity contribution in [3.63, 3.8) is 0 Å². The maximum atomic E-state index is 14.0. The van der Waals surface area contributed by atoms with Crippen molar-refractivity contribution >= 4 is 27.6 Å². The van der Waals surface area contributed by atoms with Crippen LogP contribution in [0.3, 0.4) is 0 Å². The Morgan fingerprint density at radius 1 is 0.973 bits per heavy atom. The SMILES string of the molecule is C=CCOC(=O)C1C(=O)N(CCc2ccccc2)C(c2ccc(S(N)(=O)=O)cc2)=CC1c1ccccc1. The standard InChI is InChI=1S/C29H28N2O5S/c1-2-19-36-29(33)27-25(22-11-7-4-8-12-22)20-26(23-13-15-24(16-14-23)37(30,34)35)31(28(27)32)18-17-21-9-5-3-6-10-21/h2-16,20,25,27H,1,17-19H2,(H2,30,34,35). The summed E-state index contributed by atoms with van der Waals surface area (Å²) in [6, 6.07) is 25.1. The van der Waals surface area contributed by atoms with Gasteiger partial charge in [0.05, 0.1) is 4.90 Å². The monoisotopic (exact) mass is 516 g/mol. The number of carbonyl (C=O) groups is 2. The fourth-order valence-electron chi connectivity index (χ4n) is 4.42. The molecule has 0 radical (unpaired) electrons. The first kappa shape index (κ1) is 26.1. The molecule has 2 N–H and O–H groups in total. The summed E-state index contributed by atoms with van der Waals surface area (Å²) in [7, 11) is -3.87. The van der Waals surface area contributed by atoms with Crippen LogP contribution in [0.2, 0.25) is 0 Å². The number of primary sulfonamides is 1. The van der Waals surface area contributed by atoms with E-state index in [9.17, 15) is 18.0 Å². The lowest BCUT2D eigenvalue weighted by molar-refractivity contribution is -0.154. The van der Waals surface area contributed by atoms with Crippen molar-refractivity contribution in [1.29, 1.82) is 0 Å². The molecule has 7 nitrogen and oxygen atoms in total. The van der Waals surface area contributed by atoms with Gasteiger partial charge in [-0.3, -0.25) is 9.59 Å². The number of esters is 1. The molecule has 0 saturated heterocycles. The number of allylic oxidation sites excluding steroid dienone is 1. The highest BCUT2D eigenvalue weighted by atomic mass is 32.2. The molecule has 1 aliphatic heterocycles. The van der Waals surface area contributed by atoms with Crippen LogP contribution in [0.15, 0.2) is 109 Å². The molecule has 2 unspecified atom stereocenters. The fourth-order valence-corrected chi connectivity index (χ4v) is 4.94. The van der Waals surface area contributed by atoms with Gasteiger partial charge in [-0.1, -0.05) is 91.5 Å². The van der Waals surface area contributed by atoms with E-state index in [4.69, 9.17) is 9.88 Å². The first-order valence-corrected chi connectivity index (χ1v) is 13.4. The third-order valence-corrected chi connectivity index (χ3v) is 7.18. The van der Waals surface area contributed by atoms with E-state index in [1.54, 1.807) is 17.0 Å². The molecule has 0 aliphatic carbocycles. The number of hydrogen-bond acceptors (Lipinski definition) is 5. The van der Waals surface area contributed by atoms with E-state index in [2.05, 4.69) is 6.58 Å². The smallest absolute Gasteiger partial charge is 0.319 e. The third-order valence-electron chi connectivity index (χ3n) is 6.25. The quantitative estimate of drug-likeness (QED) is 0.264. The minimum atomic E-state index is -3.87. The van der Waals surface area contributed by atoms with E-state index in [0.717, 1.165) is 11.1 Å². The van der Waals surface area contributed by atoms with E-state index < -0.39 is 27.8 Å². The van der Waals surface area contributed by atoms with Gasteiger partial charge < -0.3 is 9.64 Å². The van der Waals surface area contributed by atoms with Crippen LogP contribution in [0.4, 0.5) is 0 Å². The average molecular weight is 517 g/mol. The Hall–Kier alpha value is -4.01. The minimum absolute atomic E-state index is 0.000263. The van der Waals surface area contributed by atoms with Crippen LogP contribution in [0.25, 0.3) is 5.70 Å². The highest BCUT2D eigenvalue weighted by Gasteiger charge is 2.43. The summed E-state index contributed by atoms with van der Waals surface area (Å²) in [6.07, 6.45) is 3.90. The van der Waals surface area contributed by atoms with Gasteiger partial charge in [-0.05, 0) is 35.2 Å². The van der Waals surface area contributed by atoms with Gasteiger partial charge in [-0.2, -0.15) is 0 Å². The van der Waals surface area contributed by atoms with Gasteiger partial charge >= 0.3 is 5.97 Å². The molecule has 1 amide bonds. The van der Waals surface area contributed by atoms with Crippen LogP contribution >= 0.6 is 0 Å². The molecule has 0 aromatic heterocycles. The first-order chi connectivity index (χ1) is 17.8. The van der Waals surface area contributed by atoms with Crippen molar-refractivity contribution in [1.82, 2.24) is 4.90 Å². The average Bonchev–Trinajstić information content (AvgIpc) is 2.91. The molecule has 8 heteroatoms. The molecule has 190 valence electrons. The molecule has 0 saturated carbocycles. The van der Waals surface area contributed by atoms with Gasteiger partial charge in [0.2, 0.25) is 15.9 Å². The van der Waals surface area contributed by atoms with E-state index in [-0.39, 0.29) is 17.4 Å². The molecule has 2 atom stereocenters. The summed E-state index contributed by atoms with van der Waals surface area (Å²) in [5.74, 6) is -2.66. The number of benzene rings is 3. The lowest BCUT2D eigenvalue weighted by atomic mass is 9.80. The Labute approximate surface area is 216 Å². The Bertz CT molecular complexity index is 1400. The van der Waals surface area contributed by atoms with Crippen molar-refractivity contribution in [2.24, 2.45) is 11.1 Å². The van der Waals surface area contributed by atoms with Gasteiger partial charge in [-0.15, -0.1) is 0 Å².